The van der Waals surface area contributed by atoms with Crippen molar-refractivity contribution in [3.8, 4) is 11.5 Å². The fourth-order valence-electron chi connectivity index (χ4n) is 3.81. The molecule has 1 aliphatic rings. The van der Waals surface area contributed by atoms with Crippen LogP contribution in [0.15, 0.2) is 48.5 Å². The van der Waals surface area contributed by atoms with Gasteiger partial charge in [0.05, 0.1) is 20.8 Å². The highest BCUT2D eigenvalue weighted by molar-refractivity contribution is 5.78. The Bertz CT molecular complexity index is 805. The van der Waals surface area contributed by atoms with Gasteiger partial charge in [-0.15, -0.1) is 0 Å². The van der Waals surface area contributed by atoms with Crippen molar-refractivity contribution in [2.75, 3.05) is 53.5 Å². The Kier molecular flexibility index (Phi) is 8.11. The second-order valence-corrected chi connectivity index (χ2v) is 7.64. The van der Waals surface area contributed by atoms with Gasteiger partial charge < -0.3 is 14.4 Å². The van der Waals surface area contributed by atoms with Crippen molar-refractivity contribution in [2.24, 2.45) is 0 Å². The first-order valence-electron chi connectivity index (χ1n) is 10.6. The number of piperazine rings is 1. The van der Waals surface area contributed by atoms with Crippen LogP contribution >= 0.6 is 0 Å². The maximum absolute atomic E-state index is 12.9. The van der Waals surface area contributed by atoms with Crippen LogP contribution in [0, 0.1) is 0 Å². The third kappa shape index (κ3) is 5.97. The highest BCUT2D eigenvalue weighted by atomic mass is 16.5. The normalized spacial score (nSPS) is 15.0. The molecule has 1 aliphatic heterocycles. The standard InChI is InChI=1S/C24H33N3O3/c1-4-27(18-21-10-11-22(29-2)23(16-21)30-3)24(28)19-26-14-12-25(13-15-26)17-20-8-6-5-7-9-20/h5-11,16H,4,12-15,17-19H2,1-3H3. The van der Waals surface area contributed by atoms with Crippen LogP contribution in [0.5, 0.6) is 11.5 Å². The zero-order valence-electron chi connectivity index (χ0n) is 18.3. The maximum Gasteiger partial charge on any atom is 0.237 e. The molecule has 0 atom stereocenters. The summed E-state index contributed by atoms with van der Waals surface area (Å²) in [6.45, 7) is 8.55. The maximum atomic E-state index is 12.9. The molecule has 1 saturated heterocycles. The predicted molar refractivity (Wildman–Crippen MR) is 119 cm³/mol. The highest BCUT2D eigenvalue weighted by Gasteiger charge is 2.21. The molecule has 0 N–H and O–H groups in total. The van der Waals surface area contributed by atoms with E-state index in [-0.39, 0.29) is 5.91 Å². The van der Waals surface area contributed by atoms with E-state index >= 15 is 0 Å². The van der Waals surface area contributed by atoms with E-state index in [9.17, 15) is 4.79 Å². The van der Waals surface area contributed by atoms with Gasteiger partial charge in [0.2, 0.25) is 5.91 Å². The van der Waals surface area contributed by atoms with Crippen LogP contribution in [0.2, 0.25) is 0 Å². The molecular weight excluding hydrogens is 378 g/mol. The molecule has 6 heteroatoms. The molecule has 0 aliphatic carbocycles. The van der Waals surface area contributed by atoms with Crippen LogP contribution in [0.1, 0.15) is 18.1 Å². The van der Waals surface area contributed by atoms with Crippen molar-refractivity contribution in [1.29, 1.82) is 0 Å². The molecule has 0 radical (unpaired) electrons. The molecular formula is C24H33N3O3. The Hall–Kier alpha value is -2.57. The van der Waals surface area contributed by atoms with Crippen LogP contribution < -0.4 is 9.47 Å². The lowest BCUT2D eigenvalue weighted by atomic mass is 10.1. The lowest BCUT2D eigenvalue weighted by molar-refractivity contribution is -0.133. The van der Waals surface area contributed by atoms with Gasteiger partial charge in [-0.1, -0.05) is 36.4 Å². The number of amides is 1. The van der Waals surface area contributed by atoms with Crippen molar-refractivity contribution >= 4 is 5.91 Å². The molecule has 2 aromatic rings. The summed E-state index contributed by atoms with van der Waals surface area (Å²) in [5.41, 5.74) is 2.38. The van der Waals surface area contributed by atoms with Crippen molar-refractivity contribution in [1.82, 2.24) is 14.7 Å². The fourth-order valence-corrected chi connectivity index (χ4v) is 3.81. The van der Waals surface area contributed by atoms with Gasteiger partial charge in [0.15, 0.2) is 11.5 Å². The first-order valence-corrected chi connectivity index (χ1v) is 10.6. The van der Waals surface area contributed by atoms with E-state index < -0.39 is 0 Å². The summed E-state index contributed by atoms with van der Waals surface area (Å²) in [7, 11) is 3.25. The summed E-state index contributed by atoms with van der Waals surface area (Å²) in [6.07, 6.45) is 0. The molecule has 2 aromatic carbocycles. The molecule has 162 valence electrons. The molecule has 0 bridgehead atoms. The first-order chi connectivity index (χ1) is 14.6. The topological polar surface area (TPSA) is 45.3 Å². The van der Waals surface area contributed by atoms with E-state index in [1.807, 2.05) is 30.0 Å². The number of nitrogens with zero attached hydrogens (tertiary/aromatic N) is 3. The largest absolute Gasteiger partial charge is 0.493 e. The average Bonchev–Trinajstić information content (AvgIpc) is 2.79. The number of carbonyl (C=O) groups excluding carboxylic acids is 1. The van der Waals surface area contributed by atoms with E-state index in [0.29, 0.717) is 31.1 Å². The van der Waals surface area contributed by atoms with Gasteiger partial charge in [0.25, 0.3) is 0 Å². The highest BCUT2D eigenvalue weighted by Crippen LogP contribution is 2.28. The minimum atomic E-state index is 0.170. The summed E-state index contributed by atoms with van der Waals surface area (Å²) in [5, 5.41) is 0. The van der Waals surface area contributed by atoms with Gasteiger partial charge in [0, 0.05) is 45.8 Å². The molecule has 0 aromatic heterocycles. The molecule has 1 heterocycles. The number of likely N-dealkylation sites (N-methyl/N-ethyl adjacent to an activating group) is 1. The Morgan fingerprint density at radius 3 is 2.20 bits per heavy atom. The van der Waals surface area contributed by atoms with E-state index in [2.05, 4.69) is 40.1 Å². The minimum absolute atomic E-state index is 0.170. The molecule has 30 heavy (non-hydrogen) atoms. The van der Waals surface area contributed by atoms with Gasteiger partial charge in [0.1, 0.15) is 0 Å². The Labute approximate surface area is 180 Å². The molecule has 1 amide bonds. The van der Waals surface area contributed by atoms with E-state index in [1.54, 1.807) is 14.2 Å². The molecule has 0 spiro atoms. The number of hydrogen-bond donors (Lipinski definition) is 0. The Balaban J connectivity index is 1.50. The average molecular weight is 412 g/mol. The first kappa shape index (κ1) is 22.1. The van der Waals surface area contributed by atoms with Crippen LogP contribution in [0.4, 0.5) is 0 Å². The number of benzene rings is 2. The van der Waals surface area contributed by atoms with Crippen molar-refractivity contribution in [3.05, 3.63) is 59.7 Å². The number of methoxy groups -OCH3 is 2. The second kappa shape index (κ2) is 11.0. The molecule has 0 unspecified atom stereocenters. The summed E-state index contributed by atoms with van der Waals surface area (Å²) in [6, 6.07) is 16.4. The zero-order valence-corrected chi connectivity index (χ0v) is 18.3. The summed E-state index contributed by atoms with van der Waals surface area (Å²) in [5.74, 6) is 1.56. The van der Waals surface area contributed by atoms with Gasteiger partial charge >= 0.3 is 0 Å². The SMILES string of the molecule is CCN(Cc1ccc(OC)c(OC)c1)C(=O)CN1CCN(Cc2ccccc2)CC1. The van der Waals surface area contributed by atoms with Gasteiger partial charge in [-0.2, -0.15) is 0 Å². The van der Waals surface area contributed by atoms with E-state index in [0.717, 1.165) is 38.3 Å². The third-order valence-corrected chi connectivity index (χ3v) is 5.63. The summed E-state index contributed by atoms with van der Waals surface area (Å²) < 4.78 is 10.7. The molecule has 3 rings (SSSR count). The Morgan fingerprint density at radius 2 is 1.57 bits per heavy atom. The monoisotopic (exact) mass is 411 g/mol. The predicted octanol–water partition coefficient (Wildman–Crippen LogP) is 2.87. The van der Waals surface area contributed by atoms with Gasteiger partial charge in [-0.05, 0) is 30.2 Å². The molecule has 6 nitrogen and oxygen atoms in total. The Morgan fingerprint density at radius 1 is 0.900 bits per heavy atom. The second-order valence-electron chi connectivity index (χ2n) is 7.64. The van der Waals surface area contributed by atoms with E-state index in [1.165, 1.54) is 5.56 Å². The van der Waals surface area contributed by atoms with Crippen LogP contribution in [0.25, 0.3) is 0 Å². The van der Waals surface area contributed by atoms with Gasteiger partial charge in [-0.3, -0.25) is 14.6 Å². The van der Waals surface area contributed by atoms with Crippen LogP contribution in [-0.4, -0.2) is 74.1 Å². The summed E-state index contributed by atoms with van der Waals surface area (Å²) >= 11 is 0. The van der Waals surface area contributed by atoms with Crippen molar-refractivity contribution < 1.29 is 14.3 Å². The van der Waals surface area contributed by atoms with E-state index in [4.69, 9.17) is 9.47 Å². The van der Waals surface area contributed by atoms with Gasteiger partial charge in [-0.25, -0.2) is 0 Å². The number of rotatable bonds is 9. The van der Waals surface area contributed by atoms with Crippen LogP contribution in [-0.2, 0) is 17.9 Å². The third-order valence-electron chi connectivity index (χ3n) is 5.63. The number of carbonyl (C=O) groups is 1. The molecule has 0 saturated carbocycles. The quantitative estimate of drug-likeness (QED) is 0.635. The van der Waals surface area contributed by atoms with Crippen molar-refractivity contribution in [3.63, 3.8) is 0 Å². The number of hydrogen-bond acceptors (Lipinski definition) is 5. The minimum Gasteiger partial charge on any atom is -0.493 e. The summed E-state index contributed by atoms with van der Waals surface area (Å²) in [4.78, 5) is 19.5. The number of ether oxygens (including phenoxy) is 2. The zero-order chi connectivity index (χ0) is 21.3. The smallest absolute Gasteiger partial charge is 0.237 e. The molecule has 1 fully saturated rings. The van der Waals surface area contributed by atoms with Crippen LogP contribution in [0.3, 0.4) is 0 Å². The lowest BCUT2D eigenvalue weighted by Crippen LogP contribution is -2.49. The van der Waals surface area contributed by atoms with Crippen molar-refractivity contribution in [2.45, 2.75) is 20.0 Å². The fraction of sp³-hybridized carbons (Fsp3) is 0.458. The lowest BCUT2D eigenvalue weighted by Gasteiger charge is -2.35.